The second-order valence-electron chi connectivity index (χ2n) is 7.12. The standard InChI is InChI=1S/C18H23N2O2.HI/c1-13(21)22-18-10-12-20(2)11-6-5-9-16(20)17(18)19-15-8-4-3-7-14(15)18;/h3-4,7-8,16H,5-6,9-12H2,1-2H3;1H/q+1;/p-1. The topological polar surface area (TPSA) is 38.7 Å². The second kappa shape index (κ2) is 5.84. The average molecular weight is 426 g/mol. The van der Waals surface area contributed by atoms with E-state index in [0.717, 1.165) is 40.8 Å². The molecule has 1 aromatic carbocycles. The van der Waals surface area contributed by atoms with Crippen molar-refractivity contribution in [2.24, 2.45) is 4.99 Å². The molecule has 3 aliphatic rings. The SMILES string of the molecule is CC(=O)OC12CC[N+]3(C)CCCCC3C1=Nc1ccccc12.[I-]. The van der Waals surface area contributed by atoms with Gasteiger partial charge in [0.05, 0.1) is 25.8 Å². The summed E-state index contributed by atoms with van der Waals surface area (Å²) in [6.07, 6.45) is 4.51. The van der Waals surface area contributed by atoms with Gasteiger partial charge in [0.25, 0.3) is 0 Å². The lowest BCUT2D eigenvalue weighted by molar-refractivity contribution is -0.932. The Labute approximate surface area is 154 Å². The van der Waals surface area contributed by atoms with Gasteiger partial charge in [-0.3, -0.25) is 4.79 Å². The van der Waals surface area contributed by atoms with Crippen LogP contribution in [0.1, 0.15) is 38.2 Å². The van der Waals surface area contributed by atoms with Gasteiger partial charge in [-0.05, 0) is 18.9 Å². The summed E-state index contributed by atoms with van der Waals surface area (Å²) in [5, 5.41) is 0. The molecule has 0 amide bonds. The highest BCUT2D eigenvalue weighted by Gasteiger charge is 2.59. The molecule has 2 fully saturated rings. The summed E-state index contributed by atoms with van der Waals surface area (Å²) in [5.41, 5.74) is 2.55. The van der Waals surface area contributed by atoms with Gasteiger partial charge in [-0.2, -0.15) is 0 Å². The Morgan fingerprint density at radius 1 is 1.30 bits per heavy atom. The van der Waals surface area contributed by atoms with Crippen LogP contribution in [0.3, 0.4) is 0 Å². The molecular weight excluding hydrogens is 403 g/mol. The molecule has 1 aromatic rings. The quantitative estimate of drug-likeness (QED) is 0.359. The van der Waals surface area contributed by atoms with Crippen LogP contribution >= 0.6 is 0 Å². The van der Waals surface area contributed by atoms with Crippen molar-refractivity contribution in [1.29, 1.82) is 0 Å². The van der Waals surface area contributed by atoms with Gasteiger partial charge >= 0.3 is 5.97 Å². The van der Waals surface area contributed by atoms with Crippen molar-refractivity contribution < 1.29 is 38.0 Å². The number of rotatable bonds is 1. The number of esters is 1. The molecular formula is C18H23IN2O2. The lowest BCUT2D eigenvalue weighted by Crippen LogP contribution is -3.00. The Morgan fingerprint density at radius 3 is 2.87 bits per heavy atom. The van der Waals surface area contributed by atoms with E-state index < -0.39 is 5.60 Å². The molecule has 23 heavy (non-hydrogen) atoms. The van der Waals surface area contributed by atoms with E-state index in [0.29, 0.717) is 6.04 Å². The Balaban J connectivity index is 0.00000156. The number of piperidine rings is 2. The number of hydrogen-bond donors (Lipinski definition) is 0. The van der Waals surface area contributed by atoms with E-state index in [4.69, 9.17) is 9.73 Å². The summed E-state index contributed by atoms with van der Waals surface area (Å²) in [5.74, 6) is -0.212. The Kier molecular flexibility index (Phi) is 4.29. The number of carbonyl (C=O) groups excluding carboxylic acids is 1. The summed E-state index contributed by atoms with van der Waals surface area (Å²) < 4.78 is 6.99. The smallest absolute Gasteiger partial charge is 0.303 e. The maximum absolute atomic E-state index is 11.8. The molecule has 3 atom stereocenters. The number of nitrogens with zero attached hydrogens (tertiary/aromatic N) is 2. The minimum atomic E-state index is -0.609. The fraction of sp³-hybridized carbons (Fsp3) is 0.556. The van der Waals surface area contributed by atoms with Crippen LogP contribution in [-0.4, -0.2) is 42.3 Å². The highest BCUT2D eigenvalue weighted by Crippen LogP contribution is 2.50. The first-order valence-corrected chi connectivity index (χ1v) is 8.28. The van der Waals surface area contributed by atoms with Gasteiger partial charge in [-0.1, -0.05) is 18.2 Å². The van der Waals surface area contributed by atoms with Crippen LogP contribution in [0, 0.1) is 0 Å². The van der Waals surface area contributed by atoms with Gasteiger partial charge in [-0.25, -0.2) is 4.99 Å². The van der Waals surface area contributed by atoms with Crippen molar-refractivity contribution in [2.75, 3.05) is 20.1 Å². The van der Waals surface area contributed by atoms with Gasteiger partial charge in [0.2, 0.25) is 0 Å². The average Bonchev–Trinajstić information content (AvgIpc) is 2.81. The predicted octanol–water partition coefficient (Wildman–Crippen LogP) is -0.0621. The van der Waals surface area contributed by atoms with Gasteiger partial charge < -0.3 is 33.2 Å². The van der Waals surface area contributed by atoms with Crippen LogP contribution in [0.2, 0.25) is 0 Å². The number of ether oxygens (including phenoxy) is 1. The minimum Gasteiger partial charge on any atom is -1.00 e. The summed E-state index contributed by atoms with van der Waals surface area (Å²) in [6, 6.07) is 8.53. The molecule has 0 N–H and O–H groups in total. The first-order chi connectivity index (χ1) is 10.6. The van der Waals surface area contributed by atoms with E-state index in [1.54, 1.807) is 0 Å². The Hall–Kier alpha value is -0.950. The van der Waals surface area contributed by atoms with Crippen LogP contribution in [0.25, 0.3) is 0 Å². The largest absolute Gasteiger partial charge is 1.00 e. The van der Waals surface area contributed by atoms with Crippen LogP contribution in [0.15, 0.2) is 29.3 Å². The van der Waals surface area contributed by atoms with Crippen molar-refractivity contribution in [3.63, 3.8) is 0 Å². The van der Waals surface area contributed by atoms with Crippen LogP contribution in [-0.2, 0) is 15.1 Å². The molecule has 5 heteroatoms. The number of para-hydroxylation sites is 1. The molecule has 0 bridgehead atoms. The van der Waals surface area contributed by atoms with Crippen LogP contribution in [0.4, 0.5) is 5.69 Å². The first-order valence-electron chi connectivity index (χ1n) is 8.28. The number of carbonyl (C=O) groups is 1. The van der Waals surface area contributed by atoms with E-state index >= 15 is 0 Å². The van der Waals surface area contributed by atoms with Gasteiger partial charge in [0.1, 0.15) is 11.8 Å². The van der Waals surface area contributed by atoms with Crippen molar-refractivity contribution in [1.82, 2.24) is 0 Å². The van der Waals surface area contributed by atoms with Crippen molar-refractivity contribution >= 4 is 17.4 Å². The number of hydrogen-bond acceptors (Lipinski definition) is 3. The van der Waals surface area contributed by atoms with Gasteiger partial charge in [0.15, 0.2) is 5.60 Å². The third-order valence-corrected chi connectivity index (χ3v) is 5.75. The van der Waals surface area contributed by atoms with Crippen LogP contribution in [0.5, 0.6) is 0 Å². The maximum atomic E-state index is 11.8. The number of benzene rings is 1. The summed E-state index contributed by atoms with van der Waals surface area (Å²) >= 11 is 0. The fourth-order valence-corrected chi connectivity index (χ4v) is 4.67. The summed E-state index contributed by atoms with van der Waals surface area (Å²) in [6.45, 7) is 3.76. The third kappa shape index (κ3) is 2.43. The number of halogens is 1. The van der Waals surface area contributed by atoms with E-state index in [1.807, 2.05) is 18.2 Å². The van der Waals surface area contributed by atoms with Gasteiger partial charge in [-0.15, -0.1) is 0 Å². The minimum absolute atomic E-state index is 0. The molecule has 124 valence electrons. The Morgan fingerprint density at radius 2 is 2.09 bits per heavy atom. The second-order valence-corrected chi connectivity index (χ2v) is 7.12. The first kappa shape index (κ1) is 16.9. The molecule has 4 nitrogen and oxygen atoms in total. The van der Waals surface area contributed by atoms with E-state index in [2.05, 4.69) is 13.1 Å². The zero-order valence-electron chi connectivity index (χ0n) is 13.7. The zero-order chi connectivity index (χ0) is 15.4. The predicted molar refractivity (Wildman–Crippen MR) is 85.2 cm³/mol. The highest BCUT2D eigenvalue weighted by molar-refractivity contribution is 6.04. The summed E-state index contributed by atoms with van der Waals surface area (Å²) in [4.78, 5) is 16.8. The molecule has 0 saturated carbocycles. The third-order valence-electron chi connectivity index (χ3n) is 5.75. The normalized spacial score (nSPS) is 34.3. The summed E-state index contributed by atoms with van der Waals surface area (Å²) in [7, 11) is 2.34. The van der Waals surface area contributed by atoms with E-state index in [1.165, 1.54) is 26.3 Å². The number of fused-ring (bicyclic) bond motifs is 5. The monoisotopic (exact) mass is 426 g/mol. The van der Waals surface area contributed by atoms with Gasteiger partial charge in [0, 0.05) is 25.3 Å². The molecule has 3 unspecified atom stereocenters. The van der Waals surface area contributed by atoms with Crippen molar-refractivity contribution in [3.8, 4) is 0 Å². The number of quaternary nitrogens is 1. The maximum Gasteiger partial charge on any atom is 0.303 e. The van der Waals surface area contributed by atoms with E-state index in [9.17, 15) is 4.79 Å². The fourth-order valence-electron chi connectivity index (χ4n) is 4.67. The molecule has 4 rings (SSSR count). The van der Waals surface area contributed by atoms with E-state index in [-0.39, 0.29) is 29.9 Å². The van der Waals surface area contributed by atoms with Crippen molar-refractivity contribution in [3.05, 3.63) is 29.8 Å². The van der Waals surface area contributed by atoms with Crippen LogP contribution < -0.4 is 24.0 Å². The molecule has 0 aliphatic carbocycles. The Bertz CT molecular complexity index is 675. The van der Waals surface area contributed by atoms with Crippen molar-refractivity contribution in [2.45, 2.75) is 44.2 Å². The molecule has 0 aromatic heterocycles. The number of aliphatic imine (C=N–C) groups is 1. The molecule has 3 aliphatic heterocycles. The molecule has 3 heterocycles. The molecule has 2 saturated heterocycles. The molecule has 0 spiro atoms. The lowest BCUT2D eigenvalue weighted by Gasteiger charge is -2.52. The zero-order valence-corrected chi connectivity index (χ0v) is 15.9. The highest BCUT2D eigenvalue weighted by atomic mass is 127. The molecule has 0 radical (unpaired) electrons. The lowest BCUT2D eigenvalue weighted by atomic mass is 9.76.